The second kappa shape index (κ2) is 11.8. The highest BCUT2D eigenvalue weighted by molar-refractivity contribution is 7.17. The van der Waals surface area contributed by atoms with E-state index in [0.717, 1.165) is 11.1 Å². The molecule has 0 saturated carbocycles. The van der Waals surface area contributed by atoms with Gasteiger partial charge in [-0.25, -0.2) is 4.98 Å². The summed E-state index contributed by atoms with van der Waals surface area (Å²) in [5.74, 6) is 1.73. The molecule has 0 aliphatic rings. The Morgan fingerprint density at radius 2 is 2.03 bits per heavy atom. The first-order valence-corrected chi connectivity index (χ1v) is 11.3. The number of benzene rings is 1. The van der Waals surface area contributed by atoms with E-state index in [0.29, 0.717) is 53.8 Å². The number of hydrogen-bond acceptors (Lipinski definition) is 8. The molecule has 0 fully saturated rings. The molecule has 8 nitrogen and oxygen atoms in total. The van der Waals surface area contributed by atoms with Gasteiger partial charge in [0.25, 0.3) is 5.56 Å². The van der Waals surface area contributed by atoms with Crippen molar-refractivity contribution in [2.24, 2.45) is 0 Å². The fourth-order valence-corrected chi connectivity index (χ4v) is 4.49. The lowest BCUT2D eigenvalue weighted by atomic mass is 10.1. The number of aromatic amines is 1. The summed E-state index contributed by atoms with van der Waals surface area (Å²) in [7, 11) is 3.15. The van der Waals surface area contributed by atoms with Gasteiger partial charge in [-0.2, -0.15) is 0 Å². The second-order valence-electron chi connectivity index (χ2n) is 7.37. The van der Waals surface area contributed by atoms with Crippen molar-refractivity contribution >= 4 is 21.6 Å². The molecule has 0 spiro atoms. The molecule has 0 bridgehead atoms. The van der Waals surface area contributed by atoms with Crippen LogP contribution in [0.25, 0.3) is 21.3 Å². The van der Waals surface area contributed by atoms with Crippen molar-refractivity contribution in [3.63, 3.8) is 0 Å². The van der Waals surface area contributed by atoms with Crippen LogP contribution in [0.3, 0.4) is 0 Å². The highest BCUT2D eigenvalue weighted by Gasteiger charge is 2.17. The number of aliphatic hydroxyl groups excluding tert-OH is 1. The normalized spacial score (nSPS) is 12.1. The van der Waals surface area contributed by atoms with Gasteiger partial charge < -0.3 is 24.3 Å². The number of nitrogens with one attached hydrogen (secondary N) is 1. The minimum Gasteiger partial charge on any atom is -0.493 e. The van der Waals surface area contributed by atoms with Crippen LogP contribution in [0.1, 0.15) is 5.82 Å². The Bertz CT molecular complexity index is 1160. The predicted molar refractivity (Wildman–Crippen MR) is 131 cm³/mol. The third-order valence-corrected chi connectivity index (χ3v) is 5.84. The van der Waals surface area contributed by atoms with Gasteiger partial charge in [-0.3, -0.25) is 9.69 Å². The molecule has 1 unspecified atom stereocenters. The fraction of sp³-hybridized carbons (Fsp3) is 0.333. The van der Waals surface area contributed by atoms with E-state index in [9.17, 15) is 9.90 Å². The summed E-state index contributed by atoms with van der Waals surface area (Å²) in [6, 6.07) is 5.54. The molecule has 3 aromatic rings. The molecule has 1 atom stereocenters. The standard InChI is InChI=1S/C24H29N3O5S/c1-5-9-27(12-17(28)14-32-10-6-2)13-21-25-23(29)22-18(15-33-24(22)26-21)16-7-8-19(30-3)20(11-16)31-4/h5-8,11,15,17,28H,1-2,9-10,12-14H2,3-4H3,(H,25,26,29). The number of ether oxygens (including phenoxy) is 3. The summed E-state index contributed by atoms with van der Waals surface area (Å²) < 4.78 is 16.0. The molecule has 3 rings (SSSR count). The minimum absolute atomic E-state index is 0.197. The maximum atomic E-state index is 13.0. The van der Waals surface area contributed by atoms with Crippen molar-refractivity contribution < 1.29 is 19.3 Å². The number of aliphatic hydroxyl groups is 1. The number of hydrogen-bond donors (Lipinski definition) is 2. The number of fused-ring (bicyclic) bond motifs is 1. The number of aromatic nitrogens is 2. The van der Waals surface area contributed by atoms with E-state index < -0.39 is 6.10 Å². The fourth-order valence-electron chi connectivity index (χ4n) is 3.52. The Hall–Kier alpha value is -2.98. The number of methoxy groups -OCH3 is 2. The van der Waals surface area contributed by atoms with E-state index in [1.54, 1.807) is 26.4 Å². The minimum atomic E-state index is -0.682. The molecule has 2 heterocycles. The summed E-state index contributed by atoms with van der Waals surface area (Å²) in [5.41, 5.74) is 1.42. The van der Waals surface area contributed by atoms with Crippen molar-refractivity contribution in [2.75, 3.05) is 40.5 Å². The van der Waals surface area contributed by atoms with Crippen LogP contribution >= 0.6 is 11.3 Å². The first-order valence-electron chi connectivity index (χ1n) is 10.4. The quantitative estimate of drug-likeness (QED) is 0.292. The molecule has 0 amide bonds. The molecule has 1 aromatic carbocycles. The van der Waals surface area contributed by atoms with E-state index in [1.165, 1.54) is 11.3 Å². The molecule has 9 heteroatoms. The van der Waals surface area contributed by atoms with Crippen molar-refractivity contribution in [3.05, 3.63) is 65.1 Å². The van der Waals surface area contributed by atoms with Crippen LogP contribution in [0.5, 0.6) is 11.5 Å². The van der Waals surface area contributed by atoms with Crippen molar-refractivity contribution in [1.82, 2.24) is 14.9 Å². The average Bonchev–Trinajstić information content (AvgIpc) is 3.23. The lowest BCUT2D eigenvalue weighted by Gasteiger charge is -2.23. The zero-order valence-corrected chi connectivity index (χ0v) is 19.7. The van der Waals surface area contributed by atoms with Gasteiger partial charge in [-0.05, 0) is 17.7 Å². The first kappa shape index (κ1) is 24.7. The highest BCUT2D eigenvalue weighted by Crippen LogP contribution is 2.36. The van der Waals surface area contributed by atoms with Crippen LogP contribution in [0, 0.1) is 0 Å². The highest BCUT2D eigenvalue weighted by atomic mass is 32.1. The predicted octanol–water partition coefficient (Wildman–Crippen LogP) is 3.22. The average molecular weight is 472 g/mol. The topological polar surface area (TPSA) is 96.9 Å². The third-order valence-electron chi connectivity index (χ3n) is 4.96. The third kappa shape index (κ3) is 6.08. The van der Waals surface area contributed by atoms with Gasteiger partial charge in [0.1, 0.15) is 10.7 Å². The Morgan fingerprint density at radius 3 is 2.73 bits per heavy atom. The molecule has 2 N–H and O–H groups in total. The van der Waals surface area contributed by atoms with Crippen LogP contribution < -0.4 is 15.0 Å². The summed E-state index contributed by atoms with van der Waals surface area (Å²) in [6.45, 7) is 9.19. The first-order chi connectivity index (χ1) is 16.0. The summed E-state index contributed by atoms with van der Waals surface area (Å²) in [5, 5.41) is 12.7. The van der Waals surface area contributed by atoms with E-state index >= 15 is 0 Å². The lowest BCUT2D eigenvalue weighted by molar-refractivity contribution is 0.0265. The maximum Gasteiger partial charge on any atom is 0.260 e. The van der Waals surface area contributed by atoms with Crippen LogP contribution in [0.15, 0.2) is 53.7 Å². The summed E-state index contributed by atoms with van der Waals surface area (Å²) >= 11 is 1.41. The number of rotatable bonds is 13. The maximum absolute atomic E-state index is 13.0. The van der Waals surface area contributed by atoms with Crippen molar-refractivity contribution in [3.8, 4) is 22.6 Å². The zero-order chi connectivity index (χ0) is 23.8. The summed E-state index contributed by atoms with van der Waals surface area (Å²) in [6.07, 6.45) is 2.70. The molecule has 0 radical (unpaired) electrons. The number of thiophene rings is 1. The molecule has 0 aliphatic carbocycles. The van der Waals surface area contributed by atoms with Gasteiger partial charge in [-0.15, -0.1) is 24.5 Å². The van der Waals surface area contributed by atoms with Crippen LogP contribution in [-0.4, -0.2) is 66.6 Å². The Kier molecular flexibility index (Phi) is 8.79. The van der Waals surface area contributed by atoms with Crippen LogP contribution in [0.2, 0.25) is 0 Å². The summed E-state index contributed by atoms with van der Waals surface area (Å²) in [4.78, 5) is 23.2. The Balaban J connectivity index is 1.84. The second-order valence-corrected chi connectivity index (χ2v) is 8.23. The molecule has 0 aliphatic heterocycles. The molecular weight excluding hydrogens is 442 g/mol. The van der Waals surface area contributed by atoms with E-state index in [1.807, 2.05) is 28.5 Å². The van der Waals surface area contributed by atoms with Gasteiger partial charge in [0.15, 0.2) is 11.5 Å². The van der Waals surface area contributed by atoms with Gasteiger partial charge in [0, 0.05) is 24.0 Å². The molecule has 2 aromatic heterocycles. The number of nitrogens with zero attached hydrogens (tertiary/aromatic N) is 2. The van der Waals surface area contributed by atoms with Crippen molar-refractivity contribution in [2.45, 2.75) is 12.6 Å². The van der Waals surface area contributed by atoms with Gasteiger partial charge >= 0.3 is 0 Å². The largest absolute Gasteiger partial charge is 0.493 e. The molecule has 0 saturated heterocycles. The Labute approximate surface area is 196 Å². The zero-order valence-electron chi connectivity index (χ0n) is 18.9. The van der Waals surface area contributed by atoms with E-state index in [-0.39, 0.29) is 12.2 Å². The number of H-pyrrole nitrogens is 1. The van der Waals surface area contributed by atoms with Gasteiger partial charge in [0.05, 0.1) is 45.5 Å². The van der Waals surface area contributed by atoms with Crippen LogP contribution in [0.4, 0.5) is 0 Å². The smallest absolute Gasteiger partial charge is 0.260 e. The van der Waals surface area contributed by atoms with Gasteiger partial charge in [0.2, 0.25) is 0 Å². The molecular formula is C24H29N3O5S. The lowest BCUT2D eigenvalue weighted by Crippen LogP contribution is -2.35. The SMILES string of the molecule is C=CCOCC(O)CN(CC=C)Cc1nc2scc(-c3ccc(OC)c(OC)c3)c2c(=O)[nH]1. The van der Waals surface area contributed by atoms with E-state index in [4.69, 9.17) is 14.2 Å². The van der Waals surface area contributed by atoms with Crippen molar-refractivity contribution in [1.29, 1.82) is 0 Å². The van der Waals surface area contributed by atoms with Crippen LogP contribution in [-0.2, 0) is 11.3 Å². The van der Waals surface area contributed by atoms with Gasteiger partial charge in [-0.1, -0.05) is 18.2 Å². The van der Waals surface area contributed by atoms with E-state index in [2.05, 4.69) is 23.1 Å². The molecule has 33 heavy (non-hydrogen) atoms. The Morgan fingerprint density at radius 1 is 1.24 bits per heavy atom. The monoisotopic (exact) mass is 471 g/mol. The molecule has 176 valence electrons.